The molecule has 2 aromatic carbocycles. The highest BCUT2D eigenvalue weighted by Gasteiger charge is 2.10. The molecule has 6 heteroatoms. The van der Waals surface area contributed by atoms with Gasteiger partial charge < -0.3 is 4.74 Å². The lowest BCUT2D eigenvalue weighted by molar-refractivity contribution is -0.385. The molecule has 0 fully saturated rings. The van der Waals surface area contributed by atoms with E-state index in [0.29, 0.717) is 28.6 Å². The highest BCUT2D eigenvalue weighted by molar-refractivity contribution is 6.30. The van der Waals surface area contributed by atoms with Crippen molar-refractivity contribution in [3.63, 3.8) is 0 Å². The number of nitro benzene ring substituents is 1. The van der Waals surface area contributed by atoms with Gasteiger partial charge in [0, 0.05) is 28.4 Å². The molecule has 0 amide bonds. The van der Waals surface area contributed by atoms with Crippen LogP contribution in [0, 0.1) is 17.0 Å². The second kappa shape index (κ2) is 7.04. The molecule has 0 saturated heterocycles. The summed E-state index contributed by atoms with van der Waals surface area (Å²) in [6, 6.07) is 10.1. The van der Waals surface area contributed by atoms with Gasteiger partial charge in [-0.3, -0.25) is 15.1 Å². The van der Waals surface area contributed by atoms with Crippen molar-refractivity contribution in [1.29, 1.82) is 0 Å². The number of nitrogens with zero attached hydrogens (tertiary/aromatic N) is 2. The van der Waals surface area contributed by atoms with Gasteiger partial charge in [0.15, 0.2) is 0 Å². The van der Waals surface area contributed by atoms with E-state index in [0.717, 1.165) is 5.56 Å². The van der Waals surface area contributed by atoms with Gasteiger partial charge in [-0.05, 0) is 38.1 Å². The van der Waals surface area contributed by atoms with E-state index >= 15 is 0 Å². The maximum atomic E-state index is 10.9. The van der Waals surface area contributed by atoms with E-state index in [1.54, 1.807) is 43.5 Å². The molecule has 0 bridgehead atoms. The molecule has 0 aliphatic carbocycles. The zero-order valence-electron chi connectivity index (χ0n) is 12.2. The van der Waals surface area contributed by atoms with Crippen molar-refractivity contribution in [2.45, 2.75) is 13.8 Å². The van der Waals surface area contributed by atoms with Crippen molar-refractivity contribution in [3.8, 4) is 5.75 Å². The molecule has 0 aromatic heterocycles. The summed E-state index contributed by atoms with van der Waals surface area (Å²) in [4.78, 5) is 14.8. The van der Waals surface area contributed by atoms with E-state index in [1.807, 2.05) is 6.92 Å². The number of rotatable bonds is 5. The topological polar surface area (TPSA) is 64.7 Å². The molecule has 0 spiro atoms. The quantitative estimate of drug-likeness (QED) is 0.455. The van der Waals surface area contributed by atoms with Crippen molar-refractivity contribution in [2.75, 3.05) is 6.61 Å². The zero-order chi connectivity index (χ0) is 16.1. The van der Waals surface area contributed by atoms with Gasteiger partial charge in [-0.15, -0.1) is 0 Å². The van der Waals surface area contributed by atoms with Gasteiger partial charge in [0.2, 0.25) is 0 Å². The molecule has 0 unspecified atom stereocenters. The van der Waals surface area contributed by atoms with Crippen LogP contribution in [0.25, 0.3) is 0 Å². The van der Waals surface area contributed by atoms with Gasteiger partial charge in [0.1, 0.15) is 5.75 Å². The lowest BCUT2D eigenvalue weighted by Crippen LogP contribution is -1.96. The standard InChI is InChI=1S/C16H15ClN2O3/c1-3-22-16-7-5-13(17)8-12(16)10-18-14-6-4-11(2)15(9-14)19(20)21/h4-10H,3H2,1-2H3. The molecule has 0 atom stereocenters. The SMILES string of the molecule is CCOc1ccc(Cl)cc1C=Nc1ccc(C)c([N+](=O)[O-])c1. The van der Waals surface area contributed by atoms with E-state index in [9.17, 15) is 10.1 Å². The van der Waals surface area contributed by atoms with Gasteiger partial charge in [-0.2, -0.15) is 0 Å². The van der Waals surface area contributed by atoms with Crippen LogP contribution in [-0.2, 0) is 0 Å². The van der Waals surface area contributed by atoms with Crippen molar-refractivity contribution in [3.05, 3.63) is 62.7 Å². The maximum absolute atomic E-state index is 10.9. The summed E-state index contributed by atoms with van der Waals surface area (Å²) in [5.41, 5.74) is 1.87. The fraction of sp³-hybridized carbons (Fsp3) is 0.188. The Morgan fingerprint density at radius 2 is 2.09 bits per heavy atom. The van der Waals surface area contributed by atoms with Gasteiger partial charge in [-0.25, -0.2) is 0 Å². The van der Waals surface area contributed by atoms with Crippen molar-refractivity contribution < 1.29 is 9.66 Å². The number of ether oxygens (including phenoxy) is 1. The highest BCUT2D eigenvalue weighted by atomic mass is 35.5. The van der Waals surface area contributed by atoms with Crippen LogP contribution in [0.5, 0.6) is 5.75 Å². The summed E-state index contributed by atoms with van der Waals surface area (Å²) < 4.78 is 5.50. The average Bonchev–Trinajstić information content (AvgIpc) is 2.48. The third-order valence-electron chi connectivity index (χ3n) is 3.01. The molecule has 0 aliphatic heterocycles. The van der Waals surface area contributed by atoms with Crippen LogP contribution in [0.2, 0.25) is 5.02 Å². The first kappa shape index (κ1) is 16.0. The van der Waals surface area contributed by atoms with E-state index < -0.39 is 4.92 Å². The Morgan fingerprint density at radius 3 is 2.77 bits per heavy atom. The van der Waals surface area contributed by atoms with E-state index in [-0.39, 0.29) is 5.69 Å². The predicted octanol–water partition coefficient (Wildman–Crippen LogP) is 4.71. The number of halogens is 1. The van der Waals surface area contributed by atoms with Crippen molar-refractivity contribution >= 4 is 29.2 Å². The van der Waals surface area contributed by atoms with E-state index in [2.05, 4.69) is 4.99 Å². The predicted molar refractivity (Wildman–Crippen MR) is 87.7 cm³/mol. The average molecular weight is 319 g/mol. The summed E-state index contributed by atoms with van der Waals surface area (Å²) >= 11 is 5.98. The number of aryl methyl sites for hydroxylation is 1. The first-order valence-electron chi connectivity index (χ1n) is 6.72. The number of aliphatic imine (C=N–C) groups is 1. The smallest absolute Gasteiger partial charge is 0.274 e. The van der Waals surface area contributed by atoms with E-state index in [4.69, 9.17) is 16.3 Å². The van der Waals surface area contributed by atoms with Crippen LogP contribution in [0.15, 0.2) is 41.4 Å². The third-order valence-corrected chi connectivity index (χ3v) is 3.25. The molecule has 2 aromatic rings. The van der Waals surface area contributed by atoms with Gasteiger partial charge in [0.05, 0.1) is 17.2 Å². The van der Waals surface area contributed by atoms with Crippen LogP contribution in [0.3, 0.4) is 0 Å². The van der Waals surface area contributed by atoms with Gasteiger partial charge in [-0.1, -0.05) is 17.7 Å². The van der Waals surface area contributed by atoms with E-state index in [1.165, 1.54) is 6.07 Å². The first-order chi connectivity index (χ1) is 10.5. The Bertz CT molecular complexity index is 729. The number of nitro groups is 1. The molecule has 5 nitrogen and oxygen atoms in total. The third kappa shape index (κ3) is 3.83. The van der Waals surface area contributed by atoms with Gasteiger partial charge >= 0.3 is 0 Å². The minimum Gasteiger partial charge on any atom is -0.493 e. The second-order valence-electron chi connectivity index (χ2n) is 4.60. The molecule has 22 heavy (non-hydrogen) atoms. The number of hydrogen-bond acceptors (Lipinski definition) is 4. The van der Waals surface area contributed by atoms with Crippen LogP contribution < -0.4 is 4.74 Å². The molecule has 0 saturated carbocycles. The molecule has 0 N–H and O–H groups in total. The summed E-state index contributed by atoms with van der Waals surface area (Å²) in [5, 5.41) is 11.5. The summed E-state index contributed by atoms with van der Waals surface area (Å²) in [7, 11) is 0. The fourth-order valence-electron chi connectivity index (χ4n) is 1.93. The van der Waals surface area contributed by atoms with Crippen molar-refractivity contribution in [1.82, 2.24) is 0 Å². The minimum absolute atomic E-state index is 0.0470. The fourth-order valence-corrected chi connectivity index (χ4v) is 2.11. The maximum Gasteiger partial charge on any atom is 0.274 e. The minimum atomic E-state index is -0.417. The Kier molecular flexibility index (Phi) is 5.12. The van der Waals surface area contributed by atoms with Crippen molar-refractivity contribution in [2.24, 2.45) is 4.99 Å². The lowest BCUT2D eigenvalue weighted by Gasteiger charge is -2.07. The summed E-state index contributed by atoms with van der Waals surface area (Å²) in [6.45, 7) is 4.10. The second-order valence-corrected chi connectivity index (χ2v) is 5.04. The Hall–Kier alpha value is -2.40. The van der Waals surface area contributed by atoms with Crippen LogP contribution in [0.1, 0.15) is 18.1 Å². The molecule has 0 radical (unpaired) electrons. The first-order valence-corrected chi connectivity index (χ1v) is 7.10. The monoisotopic (exact) mass is 318 g/mol. The largest absolute Gasteiger partial charge is 0.493 e. The van der Waals surface area contributed by atoms with Gasteiger partial charge in [0.25, 0.3) is 5.69 Å². The number of hydrogen-bond donors (Lipinski definition) is 0. The number of benzene rings is 2. The summed E-state index contributed by atoms with van der Waals surface area (Å²) in [5.74, 6) is 0.664. The molecular formula is C16H15ClN2O3. The van der Waals surface area contributed by atoms with Crippen LogP contribution in [0.4, 0.5) is 11.4 Å². The highest BCUT2D eigenvalue weighted by Crippen LogP contribution is 2.26. The Labute approximate surface area is 133 Å². The summed E-state index contributed by atoms with van der Waals surface area (Å²) in [6.07, 6.45) is 1.59. The molecular weight excluding hydrogens is 304 g/mol. The zero-order valence-corrected chi connectivity index (χ0v) is 13.0. The molecule has 0 heterocycles. The lowest BCUT2D eigenvalue weighted by atomic mass is 10.2. The normalized spacial score (nSPS) is 10.9. The molecule has 114 valence electrons. The van der Waals surface area contributed by atoms with Crippen LogP contribution >= 0.6 is 11.6 Å². The Balaban J connectivity index is 2.34. The molecule has 0 aliphatic rings. The Morgan fingerprint density at radius 1 is 1.32 bits per heavy atom. The molecule has 2 rings (SSSR count). The van der Waals surface area contributed by atoms with Crippen LogP contribution in [-0.4, -0.2) is 17.7 Å².